The topological polar surface area (TPSA) is 110 Å². The molecule has 0 spiro atoms. The van der Waals surface area contributed by atoms with Crippen molar-refractivity contribution in [2.24, 2.45) is 0 Å². The molecule has 0 bridgehead atoms. The molecule has 0 aliphatic carbocycles. The number of benzene rings is 1. The maximum Gasteiger partial charge on any atom is 0.328 e. The second-order valence-corrected chi connectivity index (χ2v) is 4.46. The Morgan fingerprint density at radius 3 is 2.60 bits per heavy atom. The minimum Gasteiger partial charge on any atom is -0.393 e. The van der Waals surface area contributed by atoms with Gasteiger partial charge in [0.15, 0.2) is 0 Å². The number of nitrogens with two attached hydrogens (primary N) is 1. The van der Waals surface area contributed by atoms with E-state index in [1.165, 1.54) is 0 Å². The smallest absolute Gasteiger partial charge is 0.328 e. The van der Waals surface area contributed by atoms with Crippen molar-refractivity contribution < 1.29 is 4.79 Å². The Bertz CT molecular complexity index is 749. The van der Waals surface area contributed by atoms with E-state index in [1.54, 1.807) is 24.3 Å². The number of nitrogens with one attached hydrogen (secondary N) is 2. The summed E-state index contributed by atoms with van der Waals surface area (Å²) in [5.74, 6) is -0.430. The Labute approximate surface area is 118 Å². The average Bonchev–Trinajstić information content (AvgIpc) is 2.39. The molecule has 0 aliphatic rings. The van der Waals surface area contributed by atoms with Crippen molar-refractivity contribution >= 4 is 28.9 Å². The summed E-state index contributed by atoms with van der Waals surface area (Å²) in [6.07, 6.45) is 1.13. The second kappa shape index (κ2) is 5.62. The van der Waals surface area contributed by atoms with E-state index in [1.807, 2.05) is 4.98 Å². The zero-order valence-electron chi connectivity index (χ0n) is 10.2. The maximum absolute atomic E-state index is 11.8. The van der Waals surface area contributed by atoms with Gasteiger partial charge in [0.1, 0.15) is 12.2 Å². The van der Waals surface area contributed by atoms with E-state index in [-0.39, 0.29) is 12.2 Å². The van der Waals surface area contributed by atoms with Gasteiger partial charge in [-0.3, -0.25) is 19.1 Å². The van der Waals surface area contributed by atoms with Crippen molar-refractivity contribution in [2.75, 3.05) is 11.1 Å². The van der Waals surface area contributed by atoms with Crippen LogP contribution in [0.15, 0.2) is 40.1 Å². The second-order valence-electron chi connectivity index (χ2n) is 4.03. The highest BCUT2D eigenvalue weighted by molar-refractivity contribution is 6.30. The Balaban J connectivity index is 2.12. The molecule has 1 aromatic heterocycles. The lowest BCUT2D eigenvalue weighted by molar-refractivity contribution is -0.116. The summed E-state index contributed by atoms with van der Waals surface area (Å²) in [7, 11) is 0. The first-order valence-electron chi connectivity index (χ1n) is 5.60. The number of carbonyl (C=O) groups is 1. The number of anilines is 2. The normalized spacial score (nSPS) is 10.2. The van der Waals surface area contributed by atoms with Gasteiger partial charge in [-0.25, -0.2) is 4.79 Å². The first-order chi connectivity index (χ1) is 9.45. The third kappa shape index (κ3) is 3.27. The van der Waals surface area contributed by atoms with Crippen molar-refractivity contribution in [2.45, 2.75) is 6.54 Å². The van der Waals surface area contributed by atoms with Crippen LogP contribution in [0.4, 0.5) is 11.4 Å². The molecular formula is C12H11ClN4O3. The fraction of sp³-hybridized carbons (Fsp3) is 0.0833. The highest BCUT2D eigenvalue weighted by Gasteiger charge is 2.07. The molecule has 0 fully saturated rings. The third-order valence-corrected chi connectivity index (χ3v) is 2.73. The van der Waals surface area contributed by atoms with Crippen LogP contribution in [0, 0.1) is 0 Å². The predicted octanol–water partition coefficient (Wildman–Crippen LogP) is 0.411. The number of nitrogens with zero attached hydrogens (tertiary/aromatic N) is 1. The van der Waals surface area contributed by atoms with Crippen LogP contribution in [0.25, 0.3) is 0 Å². The molecule has 0 saturated heterocycles. The molecule has 7 nitrogen and oxygen atoms in total. The lowest BCUT2D eigenvalue weighted by Crippen LogP contribution is -2.34. The van der Waals surface area contributed by atoms with Crippen LogP contribution in [0.3, 0.4) is 0 Å². The number of hydrogen-bond acceptors (Lipinski definition) is 4. The van der Waals surface area contributed by atoms with Gasteiger partial charge in [-0.1, -0.05) is 11.6 Å². The highest BCUT2D eigenvalue weighted by atomic mass is 35.5. The van der Waals surface area contributed by atoms with E-state index in [2.05, 4.69) is 5.32 Å². The van der Waals surface area contributed by atoms with Gasteiger partial charge in [0, 0.05) is 16.9 Å². The van der Waals surface area contributed by atoms with Gasteiger partial charge < -0.3 is 11.1 Å². The molecule has 1 aromatic carbocycles. The molecule has 4 N–H and O–H groups in total. The number of amides is 1. The number of halogens is 1. The van der Waals surface area contributed by atoms with Crippen LogP contribution in [0.2, 0.25) is 5.02 Å². The van der Waals surface area contributed by atoms with E-state index >= 15 is 0 Å². The Hall–Kier alpha value is -2.54. The van der Waals surface area contributed by atoms with Crippen molar-refractivity contribution in [1.29, 1.82) is 0 Å². The number of nitrogen functional groups attached to an aromatic ring is 1. The first-order valence-corrected chi connectivity index (χ1v) is 5.98. The fourth-order valence-corrected chi connectivity index (χ4v) is 1.66. The Morgan fingerprint density at radius 1 is 1.30 bits per heavy atom. The lowest BCUT2D eigenvalue weighted by Gasteiger charge is -2.07. The van der Waals surface area contributed by atoms with Crippen LogP contribution in [-0.4, -0.2) is 15.5 Å². The quantitative estimate of drug-likeness (QED) is 0.761. The van der Waals surface area contributed by atoms with E-state index in [0.29, 0.717) is 10.7 Å². The Morgan fingerprint density at radius 2 is 1.95 bits per heavy atom. The van der Waals surface area contributed by atoms with Crippen LogP contribution >= 0.6 is 11.6 Å². The number of rotatable bonds is 3. The summed E-state index contributed by atoms with van der Waals surface area (Å²) >= 11 is 5.73. The van der Waals surface area contributed by atoms with E-state index < -0.39 is 17.2 Å². The van der Waals surface area contributed by atoms with Gasteiger partial charge in [0.2, 0.25) is 5.91 Å². The molecule has 0 unspecified atom stereocenters. The monoisotopic (exact) mass is 294 g/mol. The molecule has 1 heterocycles. The van der Waals surface area contributed by atoms with Gasteiger partial charge in [0.25, 0.3) is 5.56 Å². The average molecular weight is 295 g/mol. The first kappa shape index (κ1) is 13.9. The minimum atomic E-state index is -0.699. The molecule has 0 radical (unpaired) electrons. The van der Waals surface area contributed by atoms with Crippen LogP contribution < -0.4 is 22.3 Å². The van der Waals surface area contributed by atoms with Crippen molar-refractivity contribution in [3.05, 3.63) is 56.3 Å². The largest absolute Gasteiger partial charge is 0.393 e. The van der Waals surface area contributed by atoms with Gasteiger partial charge in [-0.05, 0) is 24.3 Å². The number of H-pyrrole nitrogens is 1. The van der Waals surface area contributed by atoms with Crippen LogP contribution in [0.1, 0.15) is 0 Å². The molecule has 0 saturated carbocycles. The lowest BCUT2D eigenvalue weighted by atomic mass is 10.3. The fourth-order valence-electron chi connectivity index (χ4n) is 1.53. The molecule has 20 heavy (non-hydrogen) atoms. The molecule has 0 atom stereocenters. The van der Waals surface area contributed by atoms with Gasteiger partial charge >= 0.3 is 5.69 Å². The summed E-state index contributed by atoms with van der Waals surface area (Å²) in [5.41, 5.74) is 4.42. The maximum atomic E-state index is 11.8. The molecule has 8 heteroatoms. The zero-order valence-corrected chi connectivity index (χ0v) is 11.0. The summed E-state index contributed by atoms with van der Waals surface area (Å²) in [4.78, 5) is 36.4. The van der Waals surface area contributed by atoms with Gasteiger partial charge in [-0.15, -0.1) is 0 Å². The molecule has 2 aromatic rings. The zero-order chi connectivity index (χ0) is 14.7. The Kier molecular flexibility index (Phi) is 3.90. The van der Waals surface area contributed by atoms with Crippen molar-refractivity contribution in [3.8, 4) is 0 Å². The number of aromatic nitrogens is 2. The van der Waals surface area contributed by atoms with Crippen LogP contribution in [0.5, 0.6) is 0 Å². The van der Waals surface area contributed by atoms with Crippen LogP contribution in [-0.2, 0) is 11.3 Å². The molecule has 0 aliphatic heterocycles. The van der Waals surface area contributed by atoms with Crippen molar-refractivity contribution in [1.82, 2.24) is 9.55 Å². The summed E-state index contributed by atoms with van der Waals surface area (Å²) in [6, 6.07) is 6.51. The summed E-state index contributed by atoms with van der Waals surface area (Å²) in [6.45, 7) is -0.261. The van der Waals surface area contributed by atoms with Gasteiger partial charge in [-0.2, -0.15) is 0 Å². The summed E-state index contributed by atoms with van der Waals surface area (Å²) in [5, 5.41) is 3.14. The minimum absolute atomic E-state index is 0.135. The third-order valence-electron chi connectivity index (χ3n) is 2.48. The van der Waals surface area contributed by atoms with Gasteiger partial charge in [0.05, 0.1) is 0 Å². The number of hydrogen-bond donors (Lipinski definition) is 3. The SMILES string of the molecule is Nc1cn(CC(=O)Nc2ccc(Cl)cc2)c(=O)[nH]c1=O. The molecule has 2 rings (SSSR count). The summed E-state index contributed by atoms with van der Waals surface area (Å²) < 4.78 is 1.02. The standard InChI is InChI=1S/C12H11ClN4O3/c13-7-1-3-8(4-2-7)15-10(18)6-17-5-9(14)11(19)16-12(17)20/h1-5H,6,14H2,(H,15,18)(H,16,19,20). The number of aromatic amines is 1. The van der Waals surface area contributed by atoms with E-state index in [4.69, 9.17) is 17.3 Å². The number of carbonyl (C=O) groups excluding carboxylic acids is 1. The molecular weight excluding hydrogens is 284 g/mol. The van der Waals surface area contributed by atoms with E-state index in [9.17, 15) is 14.4 Å². The molecule has 1 amide bonds. The predicted molar refractivity (Wildman–Crippen MR) is 75.8 cm³/mol. The highest BCUT2D eigenvalue weighted by Crippen LogP contribution is 2.13. The van der Waals surface area contributed by atoms with E-state index in [0.717, 1.165) is 10.8 Å². The molecule has 104 valence electrons. The van der Waals surface area contributed by atoms with Crippen molar-refractivity contribution in [3.63, 3.8) is 0 Å².